The molecule has 7 heteroatoms. The Kier molecular flexibility index (Phi) is 3.85. The molecule has 0 atom stereocenters. The van der Waals surface area contributed by atoms with E-state index in [0.29, 0.717) is 5.02 Å². The zero-order chi connectivity index (χ0) is 16.6. The summed E-state index contributed by atoms with van der Waals surface area (Å²) >= 11 is 5.75. The van der Waals surface area contributed by atoms with E-state index in [4.69, 9.17) is 16.3 Å². The zero-order valence-corrected chi connectivity index (χ0v) is 12.1. The molecule has 0 saturated heterocycles. The Bertz CT molecular complexity index is 862. The summed E-state index contributed by atoms with van der Waals surface area (Å²) in [6.45, 7) is 0. The van der Waals surface area contributed by atoms with Crippen LogP contribution in [0.5, 0.6) is 11.5 Å². The Morgan fingerprint density at radius 2 is 1.70 bits per heavy atom. The van der Waals surface area contributed by atoms with Gasteiger partial charge in [0.15, 0.2) is 0 Å². The van der Waals surface area contributed by atoms with Gasteiger partial charge in [-0.2, -0.15) is 13.2 Å². The molecular weight excluding hydrogens is 334 g/mol. The average Bonchev–Trinajstić information content (AvgIpc) is 2.49. The van der Waals surface area contributed by atoms with Gasteiger partial charge >= 0.3 is 6.18 Å². The molecule has 0 aliphatic rings. The van der Waals surface area contributed by atoms with Crippen LogP contribution in [0.25, 0.3) is 10.9 Å². The number of hydrogen-bond donors (Lipinski definition) is 0. The minimum absolute atomic E-state index is 0.135. The van der Waals surface area contributed by atoms with Gasteiger partial charge in [-0.1, -0.05) is 17.7 Å². The smallest absolute Gasteiger partial charge is 0.433 e. The SMILES string of the molecule is Fc1cccc2c(Oc3ccc(Cl)cc3)cc(C(F)(F)F)nc12. The normalized spacial score (nSPS) is 11.7. The molecule has 1 heterocycles. The van der Waals surface area contributed by atoms with Crippen molar-refractivity contribution in [2.75, 3.05) is 0 Å². The van der Waals surface area contributed by atoms with Crippen LogP contribution in [0.3, 0.4) is 0 Å². The quantitative estimate of drug-likeness (QED) is 0.546. The largest absolute Gasteiger partial charge is 0.457 e. The van der Waals surface area contributed by atoms with Crippen molar-refractivity contribution in [1.29, 1.82) is 0 Å². The Labute approximate surface area is 133 Å². The summed E-state index contributed by atoms with van der Waals surface area (Å²) in [5, 5.41) is 0.604. The maximum atomic E-state index is 13.8. The van der Waals surface area contributed by atoms with Crippen molar-refractivity contribution in [3.05, 3.63) is 65.1 Å². The molecule has 1 aromatic heterocycles. The summed E-state index contributed by atoms with van der Waals surface area (Å²) in [4.78, 5) is 3.36. The van der Waals surface area contributed by atoms with E-state index in [1.54, 1.807) is 0 Å². The number of halogens is 5. The molecule has 0 aliphatic heterocycles. The van der Waals surface area contributed by atoms with Gasteiger partial charge < -0.3 is 4.74 Å². The molecule has 0 fully saturated rings. The summed E-state index contributed by atoms with van der Waals surface area (Å²) in [7, 11) is 0. The fourth-order valence-electron chi connectivity index (χ4n) is 2.04. The number of fused-ring (bicyclic) bond motifs is 1. The molecule has 0 radical (unpaired) electrons. The number of pyridine rings is 1. The molecule has 2 aromatic carbocycles. The first-order valence-corrected chi connectivity index (χ1v) is 6.82. The first-order valence-electron chi connectivity index (χ1n) is 6.44. The van der Waals surface area contributed by atoms with Gasteiger partial charge in [0.05, 0.1) is 0 Å². The highest BCUT2D eigenvalue weighted by Gasteiger charge is 2.34. The van der Waals surface area contributed by atoms with Crippen LogP contribution in [0.1, 0.15) is 5.69 Å². The van der Waals surface area contributed by atoms with E-state index in [9.17, 15) is 17.6 Å². The minimum atomic E-state index is -4.71. The monoisotopic (exact) mass is 341 g/mol. The lowest BCUT2D eigenvalue weighted by atomic mass is 10.1. The van der Waals surface area contributed by atoms with Crippen molar-refractivity contribution in [3.63, 3.8) is 0 Å². The standard InChI is InChI=1S/C16H8ClF4NO/c17-9-4-6-10(7-5-9)23-13-8-14(16(19,20)21)22-15-11(13)2-1-3-12(15)18/h1-8H. The van der Waals surface area contributed by atoms with Crippen LogP contribution in [-0.4, -0.2) is 4.98 Å². The van der Waals surface area contributed by atoms with Gasteiger partial charge in [-0.25, -0.2) is 9.37 Å². The topological polar surface area (TPSA) is 22.1 Å². The number of aromatic nitrogens is 1. The first kappa shape index (κ1) is 15.6. The third-order valence-corrected chi connectivity index (χ3v) is 3.34. The van der Waals surface area contributed by atoms with Crippen molar-refractivity contribution < 1.29 is 22.3 Å². The van der Waals surface area contributed by atoms with Gasteiger partial charge in [-0.3, -0.25) is 0 Å². The van der Waals surface area contributed by atoms with Gasteiger partial charge in [-0.05, 0) is 36.4 Å². The first-order chi connectivity index (χ1) is 10.8. The molecule has 118 valence electrons. The molecule has 0 spiro atoms. The molecule has 3 aromatic rings. The maximum Gasteiger partial charge on any atom is 0.433 e. The molecular formula is C16H8ClF4NO. The van der Waals surface area contributed by atoms with E-state index in [0.717, 1.165) is 12.1 Å². The predicted octanol–water partition coefficient (Wildman–Crippen LogP) is 5.84. The lowest BCUT2D eigenvalue weighted by molar-refractivity contribution is -0.141. The Hall–Kier alpha value is -2.34. The fraction of sp³-hybridized carbons (Fsp3) is 0.0625. The van der Waals surface area contributed by atoms with Crippen LogP contribution in [-0.2, 0) is 6.18 Å². The van der Waals surface area contributed by atoms with Gasteiger partial charge in [-0.15, -0.1) is 0 Å². The number of nitrogens with zero attached hydrogens (tertiary/aromatic N) is 1. The minimum Gasteiger partial charge on any atom is -0.457 e. The van der Waals surface area contributed by atoms with Gasteiger partial charge in [0.1, 0.15) is 28.5 Å². The molecule has 0 N–H and O–H groups in total. The van der Waals surface area contributed by atoms with Crippen molar-refractivity contribution in [1.82, 2.24) is 4.98 Å². The zero-order valence-electron chi connectivity index (χ0n) is 11.4. The summed E-state index contributed by atoms with van der Waals surface area (Å²) in [5.41, 5.74) is -1.62. The summed E-state index contributed by atoms with van der Waals surface area (Å²) < 4.78 is 58.2. The molecule has 0 amide bonds. The fourth-order valence-corrected chi connectivity index (χ4v) is 2.17. The van der Waals surface area contributed by atoms with E-state index in [-0.39, 0.29) is 16.9 Å². The van der Waals surface area contributed by atoms with E-state index >= 15 is 0 Å². The number of benzene rings is 2. The number of ether oxygens (including phenoxy) is 1. The van der Waals surface area contributed by atoms with Crippen molar-refractivity contribution in [2.24, 2.45) is 0 Å². The maximum absolute atomic E-state index is 13.8. The highest BCUT2D eigenvalue weighted by atomic mass is 35.5. The molecule has 23 heavy (non-hydrogen) atoms. The van der Waals surface area contributed by atoms with Gasteiger partial charge in [0.25, 0.3) is 0 Å². The second kappa shape index (κ2) is 5.70. The van der Waals surface area contributed by atoms with Crippen molar-refractivity contribution >= 4 is 22.5 Å². The van der Waals surface area contributed by atoms with Crippen LogP contribution >= 0.6 is 11.6 Å². The Morgan fingerprint density at radius 3 is 2.35 bits per heavy atom. The van der Waals surface area contributed by atoms with Crippen LogP contribution in [0.15, 0.2) is 48.5 Å². The highest BCUT2D eigenvalue weighted by Crippen LogP contribution is 2.36. The molecule has 0 bridgehead atoms. The third-order valence-electron chi connectivity index (χ3n) is 3.08. The predicted molar refractivity (Wildman–Crippen MR) is 78.2 cm³/mol. The Morgan fingerprint density at radius 1 is 1.00 bits per heavy atom. The van der Waals surface area contributed by atoms with Gasteiger partial charge in [0.2, 0.25) is 0 Å². The number of hydrogen-bond acceptors (Lipinski definition) is 2. The molecule has 0 saturated carbocycles. The van der Waals surface area contributed by atoms with E-state index in [2.05, 4.69) is 4.98 Å². The number of alkyl halides is 3. The molecule has 0 aliphatic carbocycles. The molecule has 0 unspecified atom stereocenters. The highest BCUT2D eigenvalue weighted by molar-refractivity contribution is 6.30. The summed E-state index contributed by atoms with van der Waals surface area (Å²) in [6, 6.07) is 10.7. The summed E-state index contributed by atoms with van der Waals surface area (Å²) in [6.07, 6.45) is -4.71. The lowest BCUT2D eigenvalue weighted by Gasteiger charge is -2.13. The number of rotatable bonds is 2. The third kappa shape index (κ3) is 3.22. The van der Waals surface area contributed by atoms with E-state index in [1.807, 2.05) is 0 Å². The van der Waals surface area contributed by atoms with Crippen LogP contribution in [0, 0.1) is 5.82 Å². The van der Waals surface area contributed by atoms with Crippen LogP contribution < -0.4 is 4.74 Å². The summed E-state index contributed by atoms with van der Waals surface area (Å²) in [5.74, 6) is -0.710. The second-order valence-corrected chi connectivity index (χ2v) is 5.13. The average molecular weight is 342 g/mol. The van der Waals surface area contributed by atoms with Crippen LogP contribution in [0.4, 0.5) is 17.6 Å². The second-order valence-electron chi connectivity index (χ2n) is 4.70. The number of para-hydroxylation sites is 1. The lowest BCUT2D eigenvalue weighted by Crippen LogP contribution is -2.09. The van der Waals surface area contributed by atoms with E-state index < -0.39 is 23.2 Å². The Balaban J connectivity index is 2.17. The molecule has 3 rings (SSSR count). The molecule has 2 nitrogen and oxygen atoms in total. The van der Waals surface area contributed by atoms with Crippen molar-refractivity contribution in [2.45, 2.75) is 6.18 Å². The van der Waals surface area contributed by atoms with Gasteiger partial charge in [0, 0.05) is 16.5 Å². The van der Waals surface area contributed by atoms with Crippen molar-refractivity contribution in [3.8, 4) is 11.5 Å². The van der Waals surface area contributed by atoms with E-state index in [1.165, 1.54) is 36.4 Å². The van der Waals surface area contributed by atoms with Crippen LogP contribution in [0.2, 0.25) is 5.02 Å².